The predicted molar refractivity (Wildman–Crippen MR) is 113 cm³/mol. The number of rotatable bonds is 5. The molecule has 6 nitrogen and oxygen atoms in total. The highest BCUT2D eigenvalue weighted by Gasteiger charge is 2.19. The molecule has 0 saturated heterocycles. The van der Waals surface area contributed by atoms with Gasteiger partial charge in [0.25, 0.3) is 5.91 Å². The number of amides is 1. The summed E-state index contributed by atoms with van der Waals surface area (Å²) in [4.78, 5) is 21.6. The van der Waals surface area contributed by atoms with Gasteiger partial charge in [-0.25, -0.2) is 14.4 Å². The summed E-state index contributed by atoms with van der Waals surface area (Å²) in [5, 5.41) is 7.72. The Kier molecular flexibility index (Phi) is 5.16. The van der Waals surface area contributed by atoms with Crippen molar-refractivity contribution >= 4 is 33.7 Å². The van der Waals surface area contributed by atoms with E-state index in [-0.39, 0.29) is 11.7 Å². The fourth-order valence-corrected chi connectivity index (χ4v) is 4.57. The van der Waals surface area contributed by atoms with Crippen molar-refractivity contribution < 1.29 is 13.9 Å². The first-order valence-electron chi connectivity index (χ1n) is 8.67. The first-order valence-corrected chi connectivity index (χ1v) is 10.4. The average Bonchev–Trinajstić information content (AvgIpc) is 3.43. The fraction of sp³-hybridized carbons (Fsp3) is 0.150. The number of anilines is 1. The zero-order valence-electron chi connectivity index (χ0n) is 15.9. The lowest BCUT2D eigenvalue weighted by Crippen LogP contribution is -2.13. The van der Waals surface area contributed by atoms with Crippen LogP contribution in [0.5, 0.6) is 5.75 Å². The van der Waals surface area contributed by atoms with Gasteiger partial charge in [-0.05, 0) is 38.1 Å². The van der Waals surface area contributed by atoms with E-state index in [1.807, 2.05) is 29.9 Å². The van der Waals surface area contributed by atoms with Crippen LogP contribution in [-0.2, 0) is 0 Å². The van der Waals surface area contributed by atoms with Gasteiger partial charge in [0.15, 0.2) is 10.3 Å². The minimum absolute atomic E-state index is 0.256. The smallest absolute Gasteiger partial charge is 0.259 e. The highest BCUT2D eigenvalue weighted by Crippen LogP contribution is 2.33. The van der Waals surface area contributed by atoms with Crippen molar-refractivity contribution in [2.24, 2.45) is 0 Å². The molecule has 0 bridgehead atoms. The third-order valence-electron chi connectivity index (χ3n) is 4.45. The number of thiazole rings is 2. The van der Waals surface area contributed by atoms with E-state index < -0.39 is 0 Å². The quantitative estimate of drug-likeness (QED) is 0.482. The maximum Gasteiger partial charge on any atom is 0.259 e. The molecule has 0 spiro atoms. The normalized spacial score (nSPS) is 10.9. The van der Waals surface area contributed by atoms with Crippen molar-refractivity contribution in [2.45, 2.75) is 13.8 Å². The minimum Gasteiger partial charge on any atom is -0.496 e. The SMILES string of the molecule is COc1ccc(F)cc1-c1csc(NC(=O)c2cc(C)n(-c3nccs3)c2C)n1. The van der Waals surface area contributed by atoms with Crippen molar-refractivity contribution in [1.29, 1.82) is 0 Å². The van der Waals surface area contributed by atoms with E-state index in [2.05, 4.69) is 15.3 Å². The third kappa shape index (κ3) is 3.66. The number of nitrogens with zero attached hydrogens (tertiary/aromatic N) is 3. The lowest BCUT2D eigenvalue weighted by Gasteiger charge is -2.06. The lowest BCUT2D eigenvalue weighted by molar-refractivity contribution is 0.102. The number of benzene rings is 1. The van der Waals surface area contributed by atoms with E-state index in [0.717, 1.165) is 16.5 Å². The van der Waals surface area contributed by atoms with Gasteiger partial charge in [0.05, 0.1) is 18.4 Å². The molecule has 3 aromatic heterocycles. The first-order chi connectivity index (χ1) is 14.0. The predicted octanol–water partition coefficient (Wildman–Crippen LogP) is 5.07. The molecule has 0 aliphatic carbocycles. The van der Waals surface area contributed by atoms with Crippen LogP contribution in [0.1, 0.15) is 21.7 Å². The van der Waals surface area contributed by atoms with Gasteiger partial charge < -0.3 is 4.74 Å². The Morgan fingerprint density at radius 3 is 2.79 bits per heavy atom. The molecule has 4 aromatic rings. The van der Waals surface area contributed by atoms with Gasteiger partial charge in [-0.2, -0.15) is 0 Å². The fourth-order valence-electron chi connectivity index (χ4n) is 3.11. The Morgan fingerprint density at radius 1 is 1.24 bits per heavy atom. The monoisotopic (exact) mass is 428 g/mol. The van der Waals surface area contributed by atoms with Gasteiger partial charge in [-0.3, -0.25) is 14.7 Å². The summed E-state index contributed by atoms with van der Waals surface area (Å²) in [6.45, 7) is 3.82. The minimum atomic E-state index is -0.381. The van der Waals surface area contributed by atoms with Crippen LogP contribution in [0.3, 0.4) is 0 Å². The van der Waals surface area contributed by atoms with Crippen molar-refractivity contribution in [3.8, 4) is 22.1 Å². The summed E-state index contributed by atoms with van der Waals surface area (Å²) in [7, 11) is 1.52. The van der Waals surface area contributed by atoms with Crippen LogP contribution in [0.15, 0.2) is 41.2 Å². The van der Waals surface area contributed by atoms with Crippen LogP contribution >= 0.6 is 22.7 Å². The first kappa shape index (κ1) is 19.3. The number of carbonyl (C=O) groups excluding carboxylic acids is 1. The third-order valence-corrected chi connectivity index (χ3v) is 5.96. The summed E-state index contributed by atoms with van der Waals surface area (Å²) in [5.74, 6) is -0.122. The number of halogens is 1. The highest BCUT2D eigenvalue weighted by molar-refractivity contribution is 7.14. The van der Waals surface area contributed by atoms with Crippen molar-refractivity contribution in [1.82, 2.24) is 14.5 Å². The zero-order chi connectivity index (χ0) is 20.5. The lowest BCUT2D eigenvalue weighted by atomic mass is 10.1. The molecule has 3 heterocycles. The zero-order valence-corrected chi connectivity index (χ0v) is 17.5. The molecule has 148 valence electrons. The molecular weight excluding hydrogens is 411 g/mol. The van der Waals surface area contributed by atoms with Crippen LogP contribution in [0.25, 0.3) is 16.4 Å². The number of ether oxygens (including phenoxy) is 1. The van der Waals surface area contributed by atoms with Crippen LogP contribution in [0, 0.1) is 19.7 Å². The number of hydrogen-bond acceptors (Lipinski definition) is 6. The molecule has 1 amide bonds. The molecule has 29 heavy (non-hydrogen) atoms. The standard InChI is InChI=1S/C20H17FN4O2S2/c1-11-8-14(12(2)25(11)20-22-6-7-28-20)18(26)24-19-23-16(10-29-19)15-9-13(21)4-5-17(15)27-3/h4-10H,1-3H3,(H,23,24,26). The number of aryl methyl sites for hydroxylation is 1. The number of aromatic nitrogens is 3. The molecular formula is C20H17FN4O2S2. The van der Waals surface area contributed by atoms with E-state index in [1.165, 1.54) is 41.9 Å². The number of carbonyl (C=O) groups is 1. The van der Waals surface area contributed by atoms with Crippen molar-refractivity contribution in [3.63, 3.8) is 0 Å². The molecule has 0 saturated carbocycles. The van der Waals surface area contributed by atoms with Gasteiger partial charge in [0.2, 0.25) is 0 Å². The Bertz CT molecular complexity index is 1180. The Morgan fingerprint density at radius 2 is 2.07 bits per heavy atom. The summed E-state index contributed by atoms with van der Waals surface area (Å²) in [6.07, 6.45) is 1.73. The van der Waals surface area contributed by atoms with E-state index in [9.17, 15) is 9.18 Å². The number of hydrogen-bond donors (Lipinski definition) is 1. The molecule has 1 N–H and O–H groups in total. The Hall–Kier alpha value is -3.04. The second-order valence-electron chi connectivity index (χ2n) is 6.27. The second kappa shape index (κ2) is 7.76. The van der Waals surface area contributed by atoms with Crippen LogP contribution in [0.2, 0.25) is 0 Å². The molecule has 4 rings (SSSR count). The van der Waals surface area contributed by atoms with Crippen LogP contribution < -0.4 is 10.1 Å². The maximum absolute atomic E-state index is 13.7. The molecule has 9 heteroatoms. The number of nitrogens with one attached hydrogen (secondary N) is 1. The summed E-state index contributed by atoms with van der Waals surface area (Å²) >= 11 is 2.78. The van der Waals surface area contributed by atoms with Gasteiger partial charge in [-0.1, -0.05) is 0 Å². The van der Waals surface area contributed by atoms with Crippen LogP contribution in [0.4, 0.5) is 9.52 Å². The Balaban J connectivity index is 1.60. The number of methoxy groups -OCH3 is 1. The molecule has 0 aliphatic rings. The van der Waals surface area contributed by atoms with E-state index in [1.54, 1.807) is 17.6 Å². The molecule has 1 aromatic carbocycles. The summed E-state index contributed by atoms with van der Waals surface area (Å²) in [6, 6.07) is 6.07. The topological polar surface area (TPSA) is 69.0 Å². The molecule has 0 radical (unpaired) electrons. The second-order valence-corrected chi connectivity index (χ2v) is 8.00. The summed E-state index contributed by atoms with van der Waals surface area (Å²) < 4.78 is 20.9. The average molecular weight is 429 g/mol. The maximum atomic E-state index is 13.7. The van der Waals surface area contributed by atoms with Crippen molar-refractivity contribution in [3.05, 3.63) is 64.0 Å². The summed E-state index contributed by atoms with van der Waals surface area (Å²) in [5.41, 5.74) is 3.35. The van der Waals surface area contributed by atoms with Gasteiger partial charge in [-0.15, -0.1) is 22.7 Å². The highest BCUT2D eigenvalue weighted by atomic mass is 32.1. The largest absolute Gasteiger partial charge is 0.496 e. The van der Waals surface area contributed by atoms with E-state index in [4.69, 9.17) is 4.74 Å². The van der Waals surface area contributed by atoms with E-state index >= 15 is 0 Å². The van der Waals surface area contributed by atoms with Crippen molar-refractivity contribution in [2.75, 3.05) is 12.4 Å². The van der Waals surface area contributed by atoms with E-state index in [0.29, 0.717) is 27.7 Å². The Labute approximate surface area is 174 Å². The van der Waals surface area contributed by atoms with Crippen LogP contribution in [-0.4, -0.2) is 27.6 Å². The van der Waals surface area contributed by atoms with Gasteiger partial charge in [0, 0.05) is 33.9 Å². The van der Waals surface area contributed by atoms with Gasteiger partial charge >= 0.3 is 0 Å². The molecule has 0 atom stereocenters. The molecule has 0 unspecified atom stereocenters. The molecule has 0 fully saturated rings. The molecule has 0 aliphatic heterocycles. The van der Waals surface area contributed by atoms with Gasteiger partial charge in [0.1, 0.15) is 11.6 Å².